The molecule has 4 heteroatoms. The van der Waals surface area contributed by atoms with Crippen molar-refractivity contribution in [3.8, 4) is 0 Å². The fraction of sp³-hybridized carbons (Fsp3) is 0.333. The zero-order chi connectivity index (χ0) is 11.7. The molecule has 0 saturated heterocycles. The van der Waals surface area contributed by atoms with Crippen LogP contribution < -0.4 is 5.73 Å². The van der Waals surface area contributed by atoms with Gasteiger partial charge in [0.2, 0.25) is 0 Å². The van der Waals surface area contributed by atoms with Gasteiger partial charge in [-0.15, -0.1) is 5.10 Å². The summed E-state index contributed by atoms with van der Waals surface area (Å²) in [6, 6.07) is 4.98. The molecule has 1 aliphatic heterocycles. The lowest BCUT2D eigenvalue weighted by Crippen LogP contribution is -2.25. The third kappa shape index (κ3) is 1.96. The first kappa shape index (κ1) is 10.8. The molecule has 1 aromatic rings. The van der Waals surface area contributed by atoms with Gasteiger partial charge in [0.15, 0.2) is 0 Å². The topological polar surface area (TPSA) is 50.7 Å². The standard InChI is InChI=1S/C12H14FN3/c1-7-5-9(3-4-10(7)13)12-8(2)6-11(14)15-16-12/h3-5,8H,6H2,1-2H3,(H2,14,15). The van der Waals surface area contributed by atoms with Crippen LogP contribution in [0.4, 0.5) is 4.39 Å². The van der Waals surface area contributed by atoms with E-state index in [0.29, 0.717) is 17.8 Å². The Morgan fingerprint density at radius 3 is 2.75 bits per heavy atom. The van der Waals surface area contributed by atoms with Crippen LogP contribution in [0.3, 0.4) is 0 Å². The summed E-state index contributed by atoms with van der Waals surface area (Å²) in [4.78, 5) is 0. The molecule has 0 bridgehead atoms. The van der Waals surface area contributed by atoms with Gasteiger partial charge in [0.25, 0.3) is 0 Å². The Hall–Kier alpha value is -1.71. The molecule has 0 fully saturated rings. The Balaban J connectivity index is 2.41. The van der Waals surface area contributed by atoms with Crippen LogP contribution in [0.1, 0.15) is 24.5 Å². The Bertz CT molecular complexity index is 477. The zero-order valence-corrected chi connectivity index (χ0v) is 9.37. The van der Waals surface area contributed by atoms with Gasteiger partial charge in [-0.1, -0.05) is 13.0 Å². The van der Waals surface area contributed by atoms with E-state index in [9.17, 15) is 4.39 Å². The normalized spacial score (nSPS) is 20.3. The summed E-state index contributed by atoms with van der Waals surface area (Å²) >= 11 is 0. The van der Waals surface area contributed by atoms with Crippen LogP contribution >= 0.6 is 0 Å². The van der Waals surface area contributed by atoms with E-state index in [1.165, 1.54) is 6.07 Å². The van der Waals surface area contributed by atoms with Crippen molar-refractivity contribution in [3.63, 3.8) is 0 Å². The minimum atomic E-state index is -0.198. The smallest absolute Gasteiger partial charge is 0.126 e. The highest BCUT2D eigenvalue weighted by Crippen LogP contribution is 2.19. The van der Waals surface area contributed by atoms with Gasteiger partial charge in [-0.25, -0.2) is 4.39 Å². The Morgan fingerprint density at radius 1 is 1.38 bits per heavy atom. The van der Waals surface area contributed by atoms with Crippen LogP contribution in [0.25, 0.3) is 0 Å². The van der Waals surface area contributed by atoms with E-state index in [1.807, 2.05) is 6.92 Å². The lowest BCUT2D eigenvalue weighted by atomic mass is 9.93. The second-order valence-corrected chi connectivity index (χ2v) is 4.15. The summed E-state index contributed by atoms with van der Waals surface area (Å²) < 4.78 is 13.1. The van der Waals surface area contributed by atoms with Crippen molar-refractivity contribution in [2.45, 2.75) is 20.3 Å². The van der Waals surface area contributed by atoms with Crippen LogP contribution in [0.15, 0.2) is 28.4 Å². The minimum Gasteiger partial charge on any atom is -0.386 e. The van der Waals surface area contributed by atoms with Gasteiger partial charge in [-0.3, -0.25) is 0 Å². The highest BCUT2D eigenvalue weighted by Gasteiger charge is 2.18. The average Bonchev–Trinajstić information content (AvgIpc) is 2.22. The van der Waals surface area contributed by atoms with Crippen LogP contribution in [0.5, 0.6) is 0 Å². The highest BCUT2D eigenvalue weighted by molar-refractivity contribution is 6.05. The molecular weight excluding hydrogens is 205 g/mol. The fourth-order valence-electron chi connectivity index (χ4n) is 1.81. The molecule has 0 aliphatic carbocycles. The van der Waals surface area contributed by atoms with Gasteiger partial charge in [0, 0.05) is 12.3 Å². The van der Waals surface area contributed by atoms with Crippen molar-refractivity contribution < 1.29 is 4.39 Å². The quantitative estimate of drug-likeness (QED) is 0.773. The third-order valence-corrected chi connectivity index (χ3v) is 2.72. The maximum absolute atomic E-state index is 13.1. The van der Waals surface area contributed by atoms with E-state index in [-0.39, 0.29) is 11.7 Å². The SMILES string of the molecule is Cc1cc(C2=NN=C(N)CC2C)ccc1F. The van der Waals surface area contributed by atoms with Crippen molar-refractivity contribution in [2.75, 3.05) is 0 Å². The van der Waals surface area contributed by atoms with Crippen LogP contribution in [-0.2, 0) is 0 Å². The Morgan fingerprint density at radius 2 is 2.12 bits per heavy atom. The number of halogens is 1. The molecule has 0 amide bonds. The maximum atomic E-state index is 13.1. The van der Waals surface area contributed by atoms with E-state index in [4.69, 9.17) is 5.73 Å². The first-order chi connectivity index (χ1) is 7.58. The lowest BCUT2D eigenvalue weighted by molar-refractivity contribution is 0.618. The molecule has 0 aromatic heterocycles. The predicted octanol–water partition coefficient (Wildman–Crippen LogP) is 2.24. The molecule has 1 heterocycles. The molecular formula is C12H14FN3. The van der Waals surface area contributed by atoms with Crippen molar-refractivity contribution in [2.24, 2.45) is 21.9 Å². The molecule has 1 unspecified atom stereocenters. The molecule has 16 heavy (non-hydrogen) atoms. The molecule has 2 N–H and O–H groups in total. The molecule has 1 atom stereocenters. The third-order valence-electron chi connectivity index (χ3n) is 2.72. The summed E-state index contributed by atoms with van der Waals surface area (Å²) in [5, 5.41) is 7.97. The molecule has 2 rings (SSSR count). The monoisotopic (exact) mass is 219 g/mol. The molecule has 0 radical (unpaired) electrons. The Labute approximate surface area is 93.9 Å². The summed E-state index contributed by atoms with van der Waals surface area (Å²) in [6.07, 6.45) is 0.704. The minimum absolute atomic E-state index is 0.198. The first-order valence-corrected chi connectivity index (χ1v) is 5.24. The van der Waals surface area contributed by atoms with Gasteiger partial charge < -0.3 is 5.73 Å². The largest absolute Gasteiger partial charge is 0.386 e. The van der Waals surface area contributed by atoms with E-state index in [0.717, 1.165) is 11.3 Å². The number of hydrogen-bond acceptors (Lipinski definition) is 3. The summed E-state index contributed by atoms with van der Waals surface area (Å²) in [5.74, 6) is 0.577. The van der Waals surface area contributed by atoms with Crippen molar-refractivity contribution in [1.82, 2.24) is 0 Å². The van der Waals surface area contributed by atoms with Gasteiger partial charge in [-0.05, 0) is 30.2 Å². The number of benzene rings is 1. The molecule has 84 valence electrons. The Kier molecular flexibility index (Phi) is 2.73. The van der Waals surface area contributed by atoms with E-state index < -0.39 is 0 Å². The molecule has 0 saturated carbocycles. The summed E-state index contributed by atoms with van der Waals surface area (Å²) in [5.41, 5.74) is 8.01. The van der Waals surface area contributed by atoms with E-state index >= 15 is 0 Å². The van der Waals surface area contributed by atoms with E-state index in [1.54, 1.807) is 19.1 Å². The number of hydrogen-bond donors (Lipinski definition) is 1. The molecule has 1 aromatic carbocycles. The highest BCUT2D eigenvalue weighted by atomic mass is 19.1. The molecule has 0 spiro atoms. The first-order valence-electron chi connectivity index (χ1n) is 5.24. The molecule has 1 aliphatic rings. The van der Waals surface area contributed by atoms with Crippen LogP contribution in [-0.4, -0.2) is 11.5 Å². The number of aryl methyl sites for hydroxylation is 1. The molecule has 3 nitrogen and oxygen atoms in total. The predicted molar refractivity (Wildman–Crippen MR) is 63.1 cm³/mol. The number of nitrogens with two attached hydrogens (primary N) is 1. The van der Waals surface area contributed by atoms with E-state index in [2.05, 4.69) is 10.2 Å². The van der Waals surface area contributed by atoms with Gasteiger partial charge in [-0.2, -0.15) is 5.10 Å². The van der Waals surface area contributed by atoms with Crippen LogP contribution in [0, 0.1) is 18.7 Å². The maximum Gasteiger partial charge on any atom is 0.126 e. The second-order valence-electron chi connectivity index (χ2n) is 4.15. The average molecular weight is 219 g/mol. The fourth-order valence-corrected chi connectivity index (χ4v) is 1.81. The lowest BCUT2D eigenvalue weighted by Gasteiger charge is -2.17. The zero-order valence-electron chi connectivity index (χ0n) is 9.37. The van der Waals surface area contributed by atoms with Gasteiger partial charge in [0.05, 0.1) is 5.71 Å². The number of nitrogens with zero attached hydrogens (tertiary/aromatic N) is 2. The van der Waals surface area contributed by atoms with Crippen molar-refractivity contribution >= 4 is 11.5 Å². The van der Waals surface area contributed by atoms with Crippen LogP contribution in [0.2, 0.25) is 0 Å². The van der Waals surface area contributed by atoms with Crippen molar-refractivity contribution in [3.05, 3.63) is 35.1 Å². The van der Waals surface area contributed by atoms with Gasteiger partial charge >= 0.3 is 0 Å². The summed E-state index contributed by atoms with van der Waals surface area (Å²) in [7, 11) is 0. The second kappa shape index (κ2) is 4.04. The number of rotatable bonds is 1. The van der Waals surface area contributed by atoms with Gasteiger partial charge in [0.1, 0.15) is 11.7 Å². The van der Waals surface area contributed by atoms with Crippen molar-refractivity contribution in [1.29, 1.82) is 0 Å². The number of amidine groups is 1. The summed E-state index contributed by atoms with van der Waals surface area (Å²) in [6.45, 7) is 3.78.